The molecule has 1 aromatic rings. The molecule has 0 spiro atoms. The third kappa shape index (κ3) is 8.01. The lowest BCUT2D eigenvalue weighted by atomic mass is 10.3. The van der Waals surface area contributed by atoms with Gasteiger partial charge in [-0.05, 0) is 25.5 Å². The first kappa shape index (κ1) is 20.4. The van der Waals surface area contributed by atoms with Gasteiger partial charge in [0.25, 0.3) is 5.69 Å². The Morgan fingerprint density at radius 1 is 1.18 bits per heavy atom. The van der Waals surface area contributed by atoms with Crippen molar-refractivity contribution in [2.75, 3.05) is 31.5 Å². The summed E-state index contributed by atoms with van der Waals surface area (Å²) in [6.07, 6.45) is 1.01. The maximum Gasteiger partial charge on any atom is 0.269 e. The summed E-state index contributed by atoms with van der Waals surface area (Å²) >= 11 is 0. The lowest BCUT2D eigenvalue weighted by Gasteiger charge is -2.12. The first-order valence-corrected chi connectivity index (χ1v) is 7.17. The second kappa shape index (κ2) is 12.0. The van der Waals surface area contributed by atoms with Crippen molar-refractivity contribution in [1.29, 1.82) is 0 Å². The molecule has 0 unspecified atom stereocenters. The Hall–Kier alpha value is -1.58. The summed E-state index contributed by atoms with van der Waals surface area (Å²) in [5, 5.41) is 20.1. The zero-order chi connectivity index (χ0) is 15.5. The van der Waals surface area contributed by atoms with E-state index < -0.39 is 4.92 Å². The second-order valence-electron chi connectivity index (χ2n) is 4.42. The van der Waals surface area contributed by atoms with E-state index in [0.29, 0.717) is 13.1 Å². The third-order valence-corrected chi connectivity index (χ3v) is 2.66. The maximum atomic E-state index is 10.6. The molecule has 0 aromatic heterocycles. The normalized spacial score (nSPS) is 10.5. The largest absolute Gasteiger partial charge is 0.383 e. The molecule has 1 aromatic carbocycles. The zero-order valence-corrected chi connectivity index (χ0v) is 15.3. The fourth-order valence-electron chi connectivity index (χ4n) is 1.65. The number of nitro benzene ring substituents is 1. The van der Waals surface area contributed by atoms with Gasteiger partial charge in [-0.3, -0.25) is 15.1 Å². The van der Waals surface area contributed by atoms with Crippen molar-refractivity contribution in [3.63, 3.8) is 0 Å². The number of nitrogens with one attached hydrogen (secondary N) is 3. The Labute approximate surface area is 148 Å². The Morgan fingerprint density at radius 3 is 2.41 bits per heavy atom. The van der Waals surface area contributed by atoms with Gasteiger partial charge in [0.15, 0.2) is 5.96 Å². The van der Waals surface area contributed by atoms with Crippen LogP contribution in [-0.2, 0) is 0 Å². The Kier molecular flexibility index (Phi) is 11.2. The van der Waals surface area contributed by atoms with Gasteiger partial charge in [0, 0.05) is 44.0 Å². The number of hydrogen-bond acceptors (Lipinski definition) is 4. The number of non-ortho nitro benzene ring substituents is 1. The van der Waals surface area contributed by atoms with Gasteiger partial charge in [-0.25, -0.2) is 0 Å². The van der Waals surface area contributed by atoms with Crippen molar-refractivity contribution in [1.82, 2.24) is 10.6 Å². The minimum atomic E-state index is -0.405. The molecule has 0 aliphatic heterocycles. The predicted octanol–water partition coefficient (Wildman–Crippen LogP) is 2.59. The Balaban J connectivity index is 0.00000441. The molecule has 0 aliphatic carbocycles. The third-order valence-electron chi connectivity index (χ3n) is 2.66. The topological polar surface area (TPSA) is 91.6 Å². The van der Waals surface area contributed by atoms with Crippen LogP contribution in [0.5, 0.6) is 0 Å². The highest BCUT2D eigenvalue weighted by molar-refractivity contribution is 14.0. The Bertz CT molecular complexity index is 465. The van der Waals surface area contributed by atoms with Gasteiger partial charge in [0.1, 0.15) is 0 Å². The number of aliphatic imine (C=N–C) groups is 1. The average Bonchev–Trinajstić information content (AvgIpc) is 2.49. The molecule has 22 heavy (non-hydrogen) atoms. The molecular weight excluding hydrogens is 397 g/mol. The van der Waals surface area contributed by atoms with E-state index in [1.807, 2.05) is 6.92 Å². The fourth-order valence-corrected chi connectivity index (χ4v) is 1.65. The maximum absolute atomic E-state index is 10.6. The van der Waals surface area contributed by atoms with Gasteiger partial charge in [-0.1, -0.05) is 6.92 Å². The number of halogens is 1. The molecule has 0 bridgehead atoms. The average molecular weight is 421 g/mol. The number of guanidine groups is 1. The molecule has 0 fully saturated rings. The lowest BCUT2D eigenvalue weighted by Crippen LogP contribution is -2.39. The SMILES string of the molecule is CCCN=C(NCC)NCCNc1ccc([N+](=O)[O-])cc1.I. The quantitative estimate of drug-likeness (QED) is 0.150. The summed E-state index contributed by atoms with van der Waals surface area (Å²) in [5.41, 5.74) is 0.956. The molecular formula is C14H24IN5O2. The number of nitrogens with zero attached hydrogens (tertiary/aromatic N) is 2. The van der Waals surface area contributed by atoms with Crippen molar-refractivity contribution >= 4 is 41.3 Å². The van der Waals surface area contributed by atoms with E-state index in [2.05, 4.69) is 27.9 Å². The molecule has 0 heterocycles. The van der Waals surface area contributed by atoms with Crippen molar-refractivity contribution < 1.29 is 4.92 Å². The van der Waals surface area contributed by atoms with Gasteiger partial charge < -0.3 is 16.0 Å². The van der Waals surface area contributed by atoms with Gasteiger partial charge in [-0.2, -0.15) is 0 Å². The minimum Gasteiger partial charge on any atom is -0.383 e. The monoisotopic (exact) mass is 421 g/mol. The first-order valence-electron chi connectivity index (χ1n) is 7.17. The van der Waals surface area contributed by atoms with Crippen LogP contribution in [0.25, 0.3) is 0 Å². The van der Waals surface area contributed by atoms with Crippen LogP contribution in [0.2, 0.25) is 0 Å². The minimum absolute atomic E-state index is 0. The number of hydrogen-bond donors (Lipinski definition) is 3. The highest BCUT2D eigenvalue weighted by Gasteiger charge is 2.03. The van der Waals surface area contributed by atoms with Gasteiger partial charge in [0.05, 0.1) is 4.92 Å². The molecule has 1 rings (SSSR count). The first-order chi connectivity index (χ1) is 10.2. The highest BCUT2D eigenvalue weighted by atomic mass is 127. The van der Waals surface area contributed by atoms with Crippen LogP contribution in [0.3, 0.4) is 0 Å². The summed E-state index contributed by atoms with van der Waals surface area (Å²) < 4.78 is 0. The molecule has 0 radical (unpaired) electrons. The van der Waals surface area contributed by atoms with Gasteiger partial charge in [-0.15, -0.1) is 24.0 Å². The van der Waals surface area contributed by atoms with E-state index in [1.165, 1.54) is 12.1 Å². The highest BCUT2D eigenvalue weighted by Crippen LogP contribution is 2.14. The summed E-state index contributed by atoms with van der Waals surface area (Å²) in [6, 6.07) is 6.38. The lowest BCUT2D eigenvalue weighted by molar-refractivity contribution is -0.384. The van der Waals surface area contributed by atoms with Gasteiger partial charge in [0.2, 0.25) is 0 Å². The molecule has 0 amide bonds. The van der Waals surface area contributed by atoms with E-state index in [0.717, 1.165) is 31.2 Å². The van der Waals surface area contributed by atoms with Crippen molar-refractivity contribution in [2.45, 2.75) is 20.3 Å². The number of rotatable bonds is 8. The molecule has 0 saturated heterocycles. The zero-order valence-electron chi connectivity index (χ0n) is 13.0. The van der Waals surface area contributed by atoms with E-state index in [9.17, 15) is 10.1 Å². The molecule has 124 valence electrons. The van der Waals surface area contributed by atoms with Crippen LogP contribution in [0.4, 0.5) is 11.4 Å². The molecule has 0 aliphatic rings. The number of benzene rings is 1. The van der Waals surface area contributed by atoms with Crippen molar-refractivity contribution in [3.05, 3.63) is 34.4 Å². The summed E-state index contributed by atoms with van der Waals surface area (Å²) in [4.78, 5) is 14.5. The fraction of sp³-hybridized carbons (Fsp3) is 0.500. The molecule has 7 nitrogen and oxygen atoms in total. The molecule has 0 saturated carbocycles. The standard InChI is InChI=1S/C14H23N5O2.HI/c1-3-9-17-14(15-4-2)18-11-10-16-12-5-7-13(8-6-12)19(20)21;/h5-8,16H,3-4,9-11H2,1-2H3,(H2,15,17,18);1H. The van der Waals surface area contributed by atoms with Crippen LogP contribution in [0.1, 0.15) is 20.3 Å². The van der Waals surface area contributed by atoms with Crippen LogP contribution in [0.15, 0.2) is 29.3 Å². The van der Waals surface area contributed by atoms with Crippen LogP contribution in [0, 0.1) is 10.1 Å². The molecule has 8 heteroatoms. The molecule has 3 N–H and O–H groups in total. The number of anilines is 1. The Morgan fingerprint density at radius 2 is 1.86 bits per heavy atom. The van der Waals surface area contributed by atoms with E-state index in [-0.39, 0.29) is 29.7 Å². The van der Waals surface area contributed by atoms with E-state index in [4.69, 9.17) is 0 Å². The molecule has 0 atom stereocenters. The van der Waals surface area contributed by atoms with E-state index in [1.54, 1.807) is 12.1 Å². The number of nitro groups is 1. The summed E-state index contributed by atoms with van der Waals surface area (Å²) in [5.74, 6) is 0.810. The predicted molar refractivity (Wildman–Crippen MR) is 101 cm³/mol. The van der Waals surface area contributed by atoms with Crippen LogP contribution in [-0.4, -0.2) is 37.1 Å². The van der Waals surface area contributed by atoms with Crippen LogP contribution >= 0.6 is 24.0 Å². The van der Waals surface area contributed by atoms with E-state index >= 15 is 0 Å². The van der Waals surface area contributed by atoms with Crippen molar-refractivity contribution in [2.24, 2.45) is 4.99 Å². The van der Waals surface area contributed by atoms with Crippen LogP contribution < -0.4 is 16.0 Å². The summed E-state index contributed by atoms with van der Waals surface area (Å²) in [6.45, 7) is 7.15. The summed E-state index contributed by atoms with van der Waals surface area (Å²) in [7, 11) is 0. The second-order valence-corrected chi connectivity index (χ2v) is 4.42. The van der Waals surface area contributed by atoms with Gasteiger partial charge >= 0.3 is 0 Å². The smallest absolute Gasteiger partial charge is 0.269 e. The van der Waals surface area contributed by atoms with Crippen molar-refractivity contribution in [3.8, 4) is 0 Å².